The van der Waals surface area contributed by atoms with Crippen molar-refractivity contribution in [1.29, 1.82) is 0 Å². The van der Waals surface area contributed by atoms with E-state index in [0.717, 1.165) is 5.69 Å². The fourth-order valence-corrected chi connectivity index (χ4v) is 1.21. The monoisotopic (exact) mass is 177 g/mol. The summed E-state index contributed by atoms with van der Waals surface area (Å²) in [6, 6.07) is 6.17. The van der Waals surface area contributed by atoms with Crippen molar-refractivity contribution >= 4 is 11.9 Å². The van der Waals surface area contributed by atoms with Gasteiger partial charge < -0.3 is 4.74 Å². The van der Waals surface area contributed by atoms with Gasteiger partial charge in [0.1, 0.15) is 0 Å². The summed E-state index contributed by atoms with van der Waals surface area (Å²) in [6.45, 7) is 4.69. The van der Waals surface area contributed by atoms with E-state index in [0.29, 0.717) is 6.61 Å². The summed E-state index contributed by atoms with van der Waals surface area (Å²) < 4.78 is 4.89. The smallest absolute Gasteiger partial charge is 0.0815 e. The van der Waals surface area contributed by atoms with E-state index in [-0.39, 0.29) is 0 Å². The molecule has 0 heterocycles. The van der Waals surface area contributed by atoms with Gasteiger partial charge >= 0.3 is 0 Å². The van der Waals surface area contributed by atoms with Gasteiger partial charge in [0.2, 0.25) is 0 Å². The van der Waals surface area contributed by atoms with Crippen molar-refractivity contribution in [1.82, 2.24) is 0 Å². The summed E-state index contributed by atoms with van der Waals surface area (Å²) >= 11 is 0. The first-order chi connectivity index (χ1) is 6.25. The largest absolute Gasteiger partial charge is 0.379 e. The Kier molecular flexibility index (Phi) is 3.65. The molecule has 0 aromatic heterocycles. The molecule has 0 unspecified atom stereocenters. The number of hydrogen-bond acceptors (Lipinski definition) is 2. The van der Waals surface area contributed by atoms with Crippen molar-refractivity contribution in [2.24, 2.45) is 4.99 Å². The van der Waals surface area contributed by atoms with Crippen molar-refractivity contribution in [3.63, 3.8) is 0 Å². The molecule has 13 heavy (non-hydrogen) atoms. The van der Waals surface area contributed by atoms with Crippen LogP contribution in [0.3, 0.4) is 0 Å². The summed E-state index contributed by atoms with van der Waals surface area (Å²) in [5, 5.41) is 0. The second kappa shape index (κ2) is 4.77. The fourth-order valence-electron chi connectivity index (χ4n) is 1.21. The van der Waals surface area contributed by atoms with Crippen LogP contribution in [-0.4, -0.2) is 19.9 Å². The molecule has 1 rings (SSSR count). The van der Waals surface area contributed by atoms with Gasteiger partial charge in [0.15, 0.2) is 0 Å². The highest BCUT2D eigenvalue weighted by molar-refractivity contribution is 5.67. The number of aliphatic imine (C=N–C) groups is 1. The predicted octanol–water partition coefficient (Wildman–Crippen LogP) is 2.65. The number of aryl methyl sites for hydroxylation is 2. The van der Waals surface area contributed by atoms with Crippen molar-refractivity contribution in [2.75, 3.05) is 13.7 Å². The summed E-state index contributed by atoms with van der Waals surface area (Å²) in [7, 11) is 1.66. The van der Waals surface area contributed by atoms with Crippen LogP contribution in [0.25, 0.3) is 0 Å². The number of para-hydroxylation sites is 1. The van der Waals surface area contributed by atoms with E-state index >= 15 is 0 Å². The molecule has 0 atom stereocenters. The van der Waals surface area contributed by atoms with Crippen LogP contribution >= 0.6 is 0 Å². The Morgan fingerprint density at radius 3 is 2.46 bits per heavy atom. The first-order valence-corrected chi connectivity index (χ1v) is 4.33. The van der Waals surface area contributed by atoms with Gasteiger partial charge in [-0.25, -0.2) is 0 Å². The first-order valence-electron chi connectivity index (χ1n) is 4.33. The molecule has 0 aliphatic heterocycles. The quantitative estimate of drug-likeness (QED) is 0.650. The molecule has 1 aromatic rings. The fraction of sp³-hybridized carbons (Fsp3) is 0.364. The highest BCUT2D eigenvalue weighted by atomic mass is 16.5. The van der Waals surface area contributed by atoms with Gasteiger partial charge in [-0.2, -0.15) is 0 Å². The maximum Gasteiger partial charge on any atom is 0.0815 e. The molecule has 2 heteroatoms. The third-order valence-electron chi connectivity index (χ3n) is 1.90. The first kappa shape index (κ1) is 9.93. The van der Waals surface area contributed by atoms with Crippen LogP contribution in [0, 0.1) is 13.8 Å². The normalized spacial score (nSPS) is 11.0. The lowest BCUT2D eigenvalue weighted by molar-refractivity contribution is 0.248. The number of nitrogens with zero attached hydrogens (tertiary/aromatic N) is 1. The molecule has 1 aromatic carbocycles. The van der Waals surface area contributed by atoms with E-state index in [2.05, 4.69) is 31.0 Å². The topological polar surface area (TPSA) is 21.6 Å². The van der Waals surface area contributed by atoms with Crippen LogP contribution in [0.4, 0.5) is 5.69 Å². The predicted molar refractivity (Wildman–Crippen MR) is 55.9 cm³/mol. The van der Waals surface area contributed by atoms with Crippen molar-refractivity contribution < 1.29 is 4.74 Å². The Hall–Kier alpha value is -1.15. The second-order valence-electron chi connectivity index (χ2n) is 3.01. The Morgan fingerprint density at radius 2 is 1.92 bits per heavy atom. The minimum Gasteiger partial charge on any atom is -0.379 e. The number of rotatable bonds is 3. The third-order valence-corrected chi connectivity index (χ3v) is 1.90. The molecule has 0 saturated heterocycles. The molecule has 70 valence electrons. The van der Waals surface area contributed by atoms with Gasteiger partial charge in [0.05, 0.1) is 12.3 Å². The van der Waals surface area contributed by atoms with E-state index in [9.17, 15) is 0 Å². The second-order valence-corrected chi connectivity index (χ2v) is 3.01. The Balaban J connectivity index is 2.87. The number of benzene rings is 1. The molecule has 0 amide bonds. The van der Waals surface area contributed by atoms with Gasteiger partial charge in [-0.05, 0) is 25.0 Å². The maximum atomic E-state index is 4.89. The van der Waals surface area contributed by atoms with Gasteiger partial charge in [-0.1, -0.05) is 18.2 Å². The zero-order valence-electron chi connectivity index (χ0n) is 8.37. The van der Waals surface area contributed by atoms with Gasteiger partial charge in [0.25, 0.3) is 0 Å². The summed E-state index contributed by atoms with van der Waals surface area (Å²) in [4.78, 5) is 4.35. The van der Waals surface area contributed by atoms with Crippen molar-refractivity contribution in [3.8, 4) is 0 Å². The molecule has 0 fully saturated rings. The minimum atomic E-state index is 0.563. The number of ether oxygens (including phenoxy) is 1. The summed E-state index contributed by atoms with van der Waals surface area (Å²) in [6.07, 6.45) is 1.79. The van der Waals surface area contributed by atoms with Crippen molar-refractivity contribution in [3.05, 3.63) is 29.3 Å². The maximum absolute atomic E-state index is 4.89. The zero-order chi connectivity index (χ0) is 9.68. The van der Waals surface area contributed by atoms with Crippen LogP contribution in [0.1, 0.15) is 11.1 Å². The highest BCUT2D eigenvalue weighted by Crippen LogP contribution is 2.22. The molecular formula is C11H15NO. The van der Waals surface area contributed by atoms with E-state index in [1.807, 2.05) is 6.07 Å². The molecule has 0 saturated carbocycles. The molecule has 0 aliphatic carbocycles. The van der Waals surface area contributed by atoms with Crippen LogP contribution in [0.15, 0.2) is 23.2 Å². The van der Waals surface area contributed by atoms with E-state index in [1.165, 1.54) is 11.1 Å². The SMILES string of the molecule is COCC=Nc1c(C)cccc1C. The molecule has 0 bridgehead atoms. The molecule has 0 radical (unpaired) electrons. The van der Waals surface area contributed by atoms with Crippen LogP contribution in [0.2, 0.25) is 0 Å². The number of methoxy groups -OCH3 is 1. The molecular weight excluding hydrogens is 162 g/mol. The Labute approximate surface area is 79.3 Å². The van der Waals surface area contributed by atoms with Gasteiger partial charge in [0, 0.05) is 13.3 Å². The lowest BCUT2D eigenvalue weighted by Crippen LogP contribution is -1.88. The lowest BCUT2D eigenvalue weighted by atomic mass is 10.1. The zero-order valence-corrected chi connectivity index (χ0v) is 8.37. The van der Waals surface area contributed by atoms with E-state index < -0.39 is 0 Å². The number of hydrogen-bond donors (Lipinski definition) is 0. The molecule has 2 nitrogen and oxygen atoms in total. The van der Waals surface area contributed by atoms with Crippen molar-refractivity contribution in [2.45, 2.75) is 13.8 Å². The average molecular weight is 177 g/mol. The summed E-state index contributed by atoms with van der Waals surface area (Å²) in [5.74, 6) is 0. The van der Waals surface area contributed by atoms with E-state index in [4.69, 9.17) is 4.74 Å². The average Bonchev–Trinajstić information content (AvgIpc) is 2.10. The minimum absolute atomic E-state index is 0.563. The standard InChI is InChI=1S/C11H15NO/c1-9-5-4-6-10(2)11(9)12-7-8-13-3/h4-7H,8H2,1-3H3. The van der Waals surface area contributed by atoms with Crippen LogP contribution in [-0.2, 0) is 4.74 Å². The van der Waals surface area contributed by atoms with Crippen LogP contribution in [0.5, 0.6) is 0 Å². The van der Waals surface area contributed by atoms with Gasteiger partial charge in [-0.3, -0.25) is 4.99 Å². The molecule has 0 aliphatic rings. The van der Waals surface area contributed by atoms with E-state index in [1.54, 1.807) is 13.3 Å². The van der Waals surface area contributed by atoms with Crippen LogP contribution < -0.4 is 0 Å². The molecule has 0 spiro atoms. The third kappa shape index (κ3) is 2.67. The Bertz CT molecular complexity index is 285. The molecule has 0 N–H and O–H groups in total. The summed E-state index contributed by atoms with van der Waals surface area (Å²) in [5.41, 5.74) is 3.46. The van der Waals surface area contributed by atoms with Gasteiger partial charge in [-0.15, -0.1) is 0 Å². The highest BCUT2D eigenvalue weighted by Gasteiger charge is 1.97. The lowest BCUT2D eigenvalue weighted by Gasteiger charge is -2.02. The Morgan fingerprint density at radius 1 is 1.31 bits per heavy atom.